The molecule has 1 aromatic rings. The number of pyridine rings is 1. The average molecular weight is 208 g/mol. The van der Waals surface area contributed by atoms with Gasteiger partial charge >= 0.3 is 0 Å². The third-order valence-corrected chi connectivity index (χ3v) is 2.85. The van der Waals surface area contributed by atoms with Crippen molar-refractivity contribution in [1.29, 1.82) is 0 Å². The first-order valence-electron chi connectivity index (χ1n) is 5.42. The molecular formula is C12H20N2O. The van der Waals surface area contributed by atoms with E-state index in [2.05, 4.69) is 16.8 Å². The minimum absolute atomic E-state index is 0.183. The van der Waals surface area contributed by atoms with E-state index in [4.69, 9.17) is 0 Å². The van der Waals surface area contributed by atoms with Gasteiger partial charge in [-0.15, -0.1) is 0 Å². The quantitative estimate of drug-likeness (QED) is 0.799. The molecule has 0 aliphatic carbocycles. The molecule has 1 heterocycles. The Morgan fingerprint density at radius 1 is 1.40 bits per heavy atom. The van der Waals surface area contributed by atoms with Gasteiger partial charge in [0.1, 0.15) is 0 Å². The van der Waals surface area contributed by atoms with Crippen molar-refractivity contribution >= 4 is 0 Å². The van der Waals surface area contributed by atoms with E-state index in [1.807, 2.05) is 26.1 Å². The van der Waals surface area contributed by atoms with Gasteiger partial charge in [0.2, 0.25) is 0 Å². The minimum Gasteiger partial charge on any atom is -0.392 e. The van der Waals surface area contributed by atoms with Gasteiger partial charge in [-0.25, -0.2) is 0 Å². The summed E-state index contributed by atoms with van der Waals surface area (Å²) in [7, 11) is 2.03. The highest BCUT2D eigenvalue weighted by Gasteiger charge is 2.16. The SMILES string of the molecule is CCC(O)C(C)N(C)Cc1ccncc1. The Bertz CT molecular complexity index is 276. The summed E-state index contributed by atoms with van der Waals surface area (Å²) < 4.78 is 0. The molecule has 0 aliphatic rings. The number of likely N-dealkylation sites (N-methyl/N-ethyl adjacent to an activating group) is 1. The van der Waals surface area contributed by atoms with Gasteiger partial charge < -0.3 is 5.11 Å². The summed E-state index contributed by atoms with van der Waals surface area (Å²) in [5.74, 6) is 0. The van der Waals surface area contributed by atoms with Crippen LogP contribution in [0.2, 0.25) is 0 Å². The second-order valence-corrected chi connectivity index (χ2v) is 3.99. The molecule has 0 spiro atoms. The lowest BCUT2D eigenvalue weighted by Crippen LogP contribution is -2.38. The van der Waals surface area contributed by atoms with Crippen molar-refractivity contribution < 1.29 is 5.11 Å². The van der Waals surface area contributed by atoms with Crippen molar-refractivity contribution in [3.8, 4) is 0 Å². The molecule has 3 heteroatoms. The van der Waals surface area contributed by atoms with Gasteiger partial charge in [-0.2, -0.15) is 0 Å². The van der Waals surface area contributed by atoms with Crippen molar-refractivity contribution in [3.63, 3.8) is 0 Å². The Labute approximate surface area is 91.8 Å². The largest absolute Gasteiger partial charge is 0.392 e. The number of rotatable bonds is 5. The molecule has 2 unspecified atom stereocenters. The number of aromatic nitrogens is 1. The van der Waals surface area contributed by atoms with Crippen LogP contribution in [0.15, 0.2) is 24.5 Å². The van der Waals surface area contributed by atoms with E-state index >= 15 is 0 Å². The standard InChI is InChI=1S/C12H20N2O/c1-4-12(15)10(2)14(3)9-11-5-7-13-8-6-11/h5-8,10,12,15H,4,9H2,1-3H3. The topological polar surface area (TPSA) is 36.4 Å². The Hall–Kier alpha value is -0.930. The van der Waals surface area contributed by atoms with Gasteiger partial charge in [0.15, 0.2) is 0 Å². The van der Waals surface area contributed by atoms with Crippen molar-refractivity contribution in [2.75, 3.05) is 7.05 Å². The van der Waals surface area contributed by atoms with E-state index in [1.165, 1.54) is 5.56 Å². The predicted molar refractivity (Wildman–Crippen MR) is 61.5 cm³/mol. The Morgan fingerprint density at radius 3 is 2.53 bits per heavy atom. The van der Waals surface area contributed by atoms with Crippen LogP contribution in [0.3, 0.4) is 0 Å². The zero-order valence-electron chi connectivity index (χ0n) is 9.72. The highest BCUT2D eigenvalue weighted by Crippen LogP contribution is 2.09. The second-order valence-electron chi connectivity index (χ2n) is 3.99. The van der Waals surface area contributed by atoms with E-state index < -0.39 is 0 Å². The Morgan fingerprint density at radius 2 is 2.00 bits per heavy atom. The lowest BCUT2D eigenvalue weighted by Gasteiger charge is -2.28. The summed E-state index contributed by atoms with van der Waals surface area (Å²) in [6.07, 6.45) is 4.13. The number of nitrogens with zero attached hydrogens (tertiary/aromatic N) is 2. The lowest BCUT2D eigenvalue weighted by molar-refractivity contribution is 0.0665. The fraction of sp³-hybridized carbons (Fsp3) is 0.583. The number of aliphatic hydroxyl groups is 1. The summed E-state index contributed by atoms with van der Waals surface area (Å²) >= 11 is 0. The third-order valence-electron chi connectivity index (χ3n) is 2.85. The molecule has 0 amide bonds. The molecule has 3 nitrogen and oxygen atoms in total. The van der Waals surface area contributed by atoms with Gasteiger partial charge in [0.25, 0.3) is 0 Å². The smallest absolute Gasteiger partial charge is 0.0690 e. The van der Waals surface area contributed by atoms with Crippen LogP contribution in [0.4, 0.5) is 0 Å². The van der Waals surface area contributed by atoms with Crippen molar-refractivity contribution in [2.24, 2.45) is 0 Å². The molecule has 1 rings (SSSR count). The monoisotopic (exact) mass is 208 g/mol. The number of hydrogen-bond donors (Lipinski definition) is 1. The first kappa shape index (κ1) is 12.1. The van der Waals surface area contributed by atoms with Crippen molar-refractivity contribution in [3.05, 3.63) is 30.1 Å². The minimum atomic E-state index is -0.253. The van der Waals surface area contributed by atoms with Gasteiger partial charge in [-0.3, -0.25) is 9.88 Å². The van der Waals surface area contributed by atoms with Crippen LogP contribution >= 0.6 is 0 Å². The molecule has 1 N–H and O–H groups in total. The molecule has 1 aromatic heterocycles. The van der Waals surface area contributed by atoms with Gasteiger partial charge in [0.05, 0.1) is 6.10 Å². The fourth-order valence-corrected chi connectivity index (χ4v) is 1.56. The summed E-state index contributed by atoms with van der Waals surface area (Å²) in [6.45, 7) is 4.90. The summed E-state index contributed by atoms with van der Waals surface area (Å²) in [4.78, 5) is 6.14. The zero-order chi connectivity index (χ0) is 11.3. The first-order valence-corrected chi connectivity index (χ1v) is 5.42. The molecule has 0 fully saturated rings. The maximum atomic E-state index is 9.72. The number of hydrogen-bond acceptors (Lipinski definition) is 3. The number of aliphatic hydroxyl groups excluding tert-OH is 1. The molecule has 0 aliphatic heterocycles. The average Bonchev–Trinajstić information content (AvgIpc) is 2.28. The first-order chi connectivity index (χ1) is 7.15. The van der Waals surface area contributed by atoms with Crippen LogP contribution in [-0.2, 0) is 6.54 Å². The van der Waals surface area contributed by atoms with Crippen LogP contribution in [0.1, 0.15) is 25.8 Å². The van der Waals surface area contributed by atoms with E-state index in [0.29, 0.717) is 0 Å². The van der Waals surface area contributed by atoms with Gasteiger partial charge in [-0.05, 0) is 38.1 Å². The Balaban J connectivity index is 2.52. The van der Waals surface area contributed by atoms with Gasteiger partial charge in [-0.1, -0.05) is 6.92 Å². The van der Waals surface area contributed by atoms with E-state index in [0.717, 1.165) is 13.0 Å². The summed E-state index contributed by atoms with van der Waals surface area (Å²) in [5, 5.41) is 9.72. The van der Waals surface area contributed by atoms with Crippen LogP contribution in [0, 0.1) is 0 Å². The molecule has 84 valence electrons. The van der Waals surface area contributed by atoms with Crippen LogP contribution in [0.5, 0.6) is 0 Å². The highest BCUT2D eigenvalue weighted by molar-refractivity contribution is 5.09. The molecular weight excluding hydrogens is 188 g/mol. The van der Waals surface area contributed by atoms with Crippen LogP contribution in [-0.4, -0.2) is 34.2 Å². The molecule has 0 saturated heterocycles. The zero-order valence-corrected chi connectivity index (χ0v) is 9.72. The highest BCUT2D eigenvalue weighted by atomic mass is 16.3. The van der Waals surface area contributed by atoms with E-state index in [9.17, 15) is 5.11 Å². The normalized spacial score (nSPS) is 15.3. The van der Waals surface area contributed by atoms with Crippen LogP contribution < -0.4 is 0 Å². The predicted octanol–water partition coefficient (Wildman–Crippen LogP) is 1.67. The van der Waals surface area contributed by atoms with Crippen molar-refractivity contribution in [1.82, 2.24) is 9.88 Å². The maximum absolute atomic E-state index is 9.72. The fourth-order valence-electron chi connectivity index (χ4n) is 1.56. The maximum Gasteiger partial charge on any atom is 0.0690 e. The third kappa shape index (κ3) is 3.61. The summed E-state index contributed by atoms with van der Waals surface area (Å²) in [6, 6.07) is 4.19. The molecule has 0 radical (unpaired) electrons. The molecule has 0 bridgehead atoms. The molecule has 0 saturated carbocycles. The summed E-state index contributed by atoms with van der Waals surface area (Å²) in [5.41, 5.74) is 1.22. The molecule has 15 heavy (non-hydrogen) atoms. The van der Waals surface area contributed by atoms with Crippen LogP contribution in [0.25, 0.3) is 0 Å². The van der Waals surface area contributed by atoms with Crippen molar-refractivity contribution in [2.45, 2.75) is 39.0 Å². The molecule has 0 aromatic carbocycles. The van der Waals surface area contributed by atoms with Gasteiger partial charge in [0, 0.05) is 25.0 Å². The van der Waals surface area contributed by atoms with E-state index in [-0.39, 0.29) is 12.1 Å². The Kier molecular flexibility index (Phi) is 4.72. The molecule has 2 atom stereocenters. The van der Waals surface area contributed by atoms with E-state index in [1.54, 1.807) is 12.4 Å². The lowest BCUT2D eigenvalue weighted by atomic mass is 10.1. The second kappa shape index (κ2) is 5.83.